The summed E-state index contributed by atoms with van der Waals surface area (Å²) in [6.45, 7) is 8.03. The molecule has 2 unspecified atom stereocenters. The minimum atomic E-state index is -3.69. The number of fused-ring (bicyclic) bond motifs is 1. The fraction of sp³-hybridized carbons (Fsp3) is 0.500. The van der Waals surface area contributed by atoms with Gasteiger partial charge in [0.15, 0.2) is 11.5 Å². The molecule has 1 aromatic carbocycles. The van der Waals surface area contributed by atoms with Crippen molar-refractivity contribution in [3.8, 4) is 11.5 Å². The molecule has 26 heavy (non-hydrogen) atoms. The van der Waals surface area contributed by atoms with E-state index in [2.05, 4.69) is 11.9 Å². The number of benzene rings is 1. The van der Waals surface area contributed by atoms with E-state index in [-0.39, 0.29) is 28.9 Å². The number of ether oxygens (including phenoxy) is 2. The Morgan fingerprint density at radius 1 is 1.19 bits per heavy atom. The summed E-state index contributed by atoms with van der Waals surface area (Å²) in [5, 5.41) is 2.87. The van der Waals surface area contributed by atoms with Crippen LogP contribution in [0.4, 0.5) is 0 Å². The summed E-state index contributed by atoms with van der Waals surface area (Å²) < 4.78 is 38.9. The molecule has 2 aliphatic rings. The van der Waals surface area contributed by atoms with Gasteiger partial charge in [-0.15, -0.1) is 0 Å². The van der Waals surface area contributed by atoms with Gasteiger partial charge < -0.3 is 14.8 Å². The number of hydrogen-bond acceptors (Lipinski definition) is 5. The zero-order valence-corrected chi connectivity index (χ0v) is 15.8. The van der Waals surface area contributed by atoms with Gasteiger partial charge in [-0.2, -0.15) is 4.31 Å². The van der Waals surface area contributed by atoms with Crippen molar-refractivity contribution in [2.75, 3.05) is 13.2 Å². The van der Waals surface area contributed by atoms with Crippen LogP contribution in [0.15, 0.2) is 35.7 Å². The number of carbonyl (C=O) groups is 1. The predicted molar refractivity (Wildman–Crippen MR) is 96.7 cm³/mol. The van der Waals surface area contributed by atoms with E-state index in [1.165, 1.54) is 16.4 Å². The molecule has 142 valence electrons. The molecule has 1 N–H and O–H groups in total. The minimum absolute atomic E-state index is 0.0720. The van der Waals surface area contributed by atoms with Gasteiger partial charge in [0, 0.05) is 24.2 Å². The standard InChI is InChI=1S/C18H24N2O5S/c1-4-18(21)19-14-9-12(2)20(13(3)10-14)26(22,23)15-5-6-16-17(11-15)25-8-7-24-16/h4-6,11-14H,1,7-10H2,2-3H3,(H,19,21). The van der Waals surface area contributed by atoms with Crippen molar-refractivity contribution in [3.63, 3.8) is 0 Å². The van der Waals surface area contributed by atoms with Gasteiger partial charge in [0.25, 0.3) is 0 Å². The Labute approximate surface area is 154 Å². The molecule has 1 amide bonds. The predicted octanol–water partition coefficient (Wildman–Crippen LogP) is 1.69. The molecule has 7 nitrogen and oxygen atoms in total. The summed E-state index contributed by atoms with van der Waals surface area (Å²) in [5.74, 6) is 0.769. The first-order valence-corrected chi connectivity index (χ1v) is 10.1. The Balaban J connectivity index is 1.83. The number of piperidine rings is 1. The Morgan fingerprint density at radius 2 is 1.81 bits per heavy atom. The third-order valence-electron chi connectivity index (χ3n) is 4.74. The molecule has 0 aliphatic carbocycles. The molecule has 3 rings (SSSR count). The third kappa shape index (κ3) is 3.57. The molecule has 0 radical (unpaired) electrons. The lowest BCUT2D eigenvalue weighted by Crippen LogP contribution is -2.54. The first-order chi connectivity index (χ1) is 12.3. The Kier molecular flexibility index (Phi) is 5.24. The summed E-state index contributed by atoms with van der Waals surface area (Å²) in [7, 11) is -3.69. The summed E-state index contributed by atoms with van der Waals surface area (Å²) in [6, 6.07) is 4.15. The van der Waals surface area contributed by atoms with Crippen molar-refractivity contribution in [1.29, 1.82) is 0 Å². The van der Waals surface area contributed by atoms with Crippen molar-refractivity contribution >= 4 is 15.9 Å². The van der Waals surface area contributed by atoms with Crippen LogP contribution in [0.2, 0.25) is 0 Å². The van der Waals surface area contributed by atoms with E-state index in [1.807, 2.05) is 13.8 Å². The van der Waals surface area contributed by atoms with Gasteiger partial charge in [-0.1, -0.05) is 6.58 Å². The van der Waals surface area contributed by atoms with Crippen LogP contribution < -0.4 is 14.8 Å². The SMILES string of the molecule is C=CC(=O)NC1CC(C)N(S(=O)(=O)c2ccc3c(c2)OCCO3)C(C)C1. The Hall–Kier alpha value is -2.06. The number of carbonyl (C=O) groups excluding carboxylic acids is 1. The maximum atomic E-state index is 13.2. The van der Waals surface area contributed by atoms with Crippen LogP contribution >= 0.6 is 0 Å². The van der Waals surface area contributed by atoms with Crippen LogP contribution in [-0.4, -0.2) is 50.0 Å². The van der Waals surface area contributed by atoms with Crippen LogP contribution in [0.1, 0.15) is 26.7 Å². The number of nitrogens with one attached hydrogen (secondary N) is 1. The molecule has 0 aromatic heterocycles. The molecule has 8 heteroatoms. The van der Waals surface area contributed by atoms with Gasteiger partial charge in [-0.25, -0.2) is 8.42 Å². The third-order valence-corrected chi connectivity index (χ3v) is 6.87. The average molecular weight is 380 g/mol. The van der Waals surface area contributed by atoms with Crippen LogP contribution in [0.5, 0.6) is 11.5 Å². The van der Waals surface area contributed by atoms with Crippen LogP contribution in [0.3, 0.4) is 0 Å². The van der Waals surface area contributed by atoms with Crippen molar-refractivity contribution in [1.82, 2.24) is 9.62 Å². The maximum Gasteiger partial charge on any atom is 0.243 e. The van der Waals surface area contributed by atoms with E-state index < -0.39 is 10.0 Å². The molecule has 0 spiro atoms. The lowest BCUT2D eigenvalue weighted by Gasteiger charge is -2.41. The molecule has 2 atom stereocenters. The van der Waals surface area contributed by atoms with E-state index in [4.69, 9.17) is 9.47 Å². The largest absolute Gasteiger partial charge is 0.486 e. The van der Waals surface area contributed by atoms with Crippen LogP contribution in [0, 0.1) is 0 Å². The number of amides is 1. The molecular formula is C18H24N2O5S. The summed E-state index contributed by atoms with van der Waals surface area (Å²) >= 11 is 0. The molecule has 1 saturated heterocycles. The van der Waals surface area contributed by atoms with E-state index in [0.717, 1.165) is 0 Å². The lowest BCUT2D eigenvalue weighted by molar-refractivity contribution is -0.117. The van der Waals surface area contributed by atoms with Gasteiger partial charge in [0.2, 0.25) is 15.9 Å². The van der Waals surface area contributed by atoms with Crippen LogP contribution in [-0.2, 0) is 14.8 Å². The number of nitrogens with zero attached hydrogens (tertiary/aromatic N) is 1. The normalized spacial score (nSPS) is 26.2. The van der Waals surface area contributed by atoms with Crippen LogP contribution in [0.25, 0.3) is 0 Å². The quantitative estimate of drug-likeness (QED) is 0.804. The molecule has 1 aromatic rings. The highest BCUT2D eigenvalue weighted by molar-refractivity contribution is 7.89. The van der Waals surface area contributed by atoms with Crippen molar-refractivity contribution in [3.05, 3.63) is 30.9 Å². The second-order valence-corrected chi connectivity index (χ2v) is 8.56. The number of rotatable bonds is 4. The average Bonchev–Trinajstić information content (AvgIpc) is 2.60. The first kappa shape index (κ1) is 18.7. The Bertz CT molecular complexity index is 796. The molecule has 2 aliphatic heterocycles. The van der Waals surface area contributed by atoms with E-state index in [9.17, 15) is 13.2 Å². The molecule has 2 heterocycles. The zero-order valence-electron chi connectivity index (χ0n) is 15.0. The molecule has 0 saturated carbocycles. The maximum absolute atomic E-state index is 13.2. The summed E-state index contributed by atoms with van der Waals surface area (Å²) in [5.41, 5.74) is 0. The van der Waals surface area contributed by atoms with Crippen molar-refractivity contribution < 1.29 is 22.7 Å². The highest BCUT2D eigenvalue weighted by atomic mass is 32.2. The molecular weight excluding hydrogens is 356 g/mol. The van der Waals surface area contributed by atoms with Gasteiger partial charge in [-0.05, 0) is 44.9 Å². The highest BCUT2D eigenvalue weighted by Gasteiger charge is 2.39. The van der Waals surface area contributed by atoms with Gasteiger partial charge in [0.05, 0.1) is 4.90 Å². The fourth-order valence-electron chi connectivity index (χ4n) is 3.72. The second-order valence-electron chi connectivity index (χ2n) is 6.72. The second kappa shape index (κ2) is 7.28. The van der Waals surface area contributed by atoms with Gasteiger partial charge >= 0.3 is 0 Å². The number of hydrogen-bond donors (Lipinski definition) is 1. The number of sulfonamides is 1. The van der Waals surface area contributed by atoms with E-state index >= 15 is 0 Å². The minimum Gasteiger partial charge on any atom is -0.486 e. The van der Waals surface area contributed by atoms with Gasteiger partial charge in [0.1, 0.15) is 13.2 Å². The topological polar surface area (TPSA) is 84.9 Å². The highest BCUT2D eigenvalue weighted by Crippen LogP contribution is 2.35. The lowest BCUT2D eigenvalue weighted by atomic mass is 9.95. The zero-order chi connectivity index (χ0) is 18.9. The van der Waals surface area contributed by atoms with E-state index in [1.54, 1.807) is 12.1 Å². The monoisotopic (exact) mass is 380 g/mol. The van der Waals surface area contributed by atoms with Gasteiger partial charge in [-0.3, -0.25) is 4.79 Å². The van der Waals surface area contributed by atoms with Crippen molar-refractivity contribution in [2.24, 2.45) is 0 Å². The smallest absolute Gasteiger partial charge is 0.243 e. The Morgan fingerprint density at radius 3 is 2.42 bits per heavy atom. The first-order valence-electron chi connectivity index (χ1n) is 8.69. The summed E-state index contributed by atoms with van der Waals surface area (Å²) in [6.07, 6.45) is 2.33. The molecule has 0 bridgehead atoms. The molecule has 1 fully saturated rings. The van der Waals surface area contributed by atoms with Crippen molar-refractivity contribution in [2.45, 2.75) is 49.7 Å². The fourth-order valence-corrected chi connectivity index (χ4v) is 5.58. The van der Waals surface area contributed by atoms with E-state index in [0.29, 0.717) is 37.6 Å². The summed E-state index contributed by atoms with van der Waals surface area (Å²) in [4.78, 5) is 11.7.